The summed E-state index contributed by atoms with van der Waals surface area (Å²) in [5, 5.41) is 41.9. The molecule has 0 saturated carbocycles. The van der Waals surface area contributed by atoms with Gasteiger partial charge in [-0.2, -0.15) is 0 Å². The van der Waals surface area contributed by atoms with Crippen molar-refractivity contribution in [2.75, 3.05) is 7.11 Å². The second kappa shape index (κ2) is 8.35. The molecule has 7 heteroatoms. The predicted octanol–water partition coefficient (Wildman–Crippen LogP) is 4.06. The second-order valence-corrected chi connectivity index (χ2v) is 7.87. The quantitative estimate of drug-likeness (QED) is 0.346. The first kappa shape index (κ1) is 22.2. The summed E-state index contributed by atoms with van der Waals surface area (Å²) in [6, 6.07) is 2.70. The first-order valence-electron chi connectivity index (χ1n) is 9.76. The highest BCUT2D eigenvalue weighted by molar-refractivity contribution is 5.98. The van der Waals surface area contributed by atoms with Crippen LogP contribution in [-0.2, 0) is 12.8 Å². The van der Waals surface area contributed by atoms with Crippen molar-refractivity contribution in [2.45, 2.75) is 39.7 Å². The van der Waals surface area contributed by atoms with E-state index in [2.05, 4.69) is 6.58 Å². The molecule has 1 heterocycles. The molecule has 0 saturated heterocycles. The fourth-order valence-electron chi connectivity index (χ4n) is 3.40. The van der Waals surface area contributed by atoms with Gasteiger partial charge in [-0.15, -0.1) is 0 Å². The van der Waals surface area contributed by atoms with Gasteiger partial charge >= 0.3 is 0 Å². The van der Waals surface area contributed by atoms with Crippen LogP contribution in [0.15, 0.2) is 45.1 Å². The molecule has 0 bridgehead atoms. The van der Waals surface area contributed by atoms with Crippen molar-refractivity contribution in [1.29, 1.82) is 0 Å². The van der Waals surface area contributed by atoms with Crippen LogP contribution >= 0.6 is 0 Å². The van der Waals surface area contributed by atoms with Crippen LogP contribution in [0.5, 0.6) is 23.0 Å². The van der Waals surface area contributed by atoms with E-state index in [9.17, 15) is 25.2 Å². The lowest BCUT2D eigenvalue weighted by Crippen LogP contribution is -2.12. The van der Waals surface area contributed by atoms with Gasteiger partial charge in [-0.05, 0) is 33.3 Å². The van der Waals surface area contributed by atoms with Crippen LogP contribution in [0.1, 0.15) is 31.9 Å². The molecule has 1 atom stereocenters. The molecule has 4 N–H and O–H groups in total. The SMILES string of the molecule is C=C(C)[C@H](O)Cc1c(O)cc2oc3c(OC)c(O)c(CC=C(C)C)cc3c(=O)c2c1O. The molecule has 0 fully saturated rings. The monoisotopic (exact) mass is 426 g/mol. The zero-order valence-electron chi connectivity index (χ0n) is 17.9. The van der Waals surface area contributed by atoms with E-state index in [1.807, 2.05) is 19.9 Å². The minimum atomic E-state index is -1.01. The maximum atomic E-state index is 13.3. The summed E-state index contributed by atoms with van der Waals surface area (Å²) >= 11 is 0. The molecule has 1 aromatic heterocycles. The van der Waals surface area contributed by atoms with Crippen LogP contribution in [0.3, 0.4) is 0 Å². The summed E-state index contributed by atoms with van der Waals surface area (Å²) in [7, 11) is 1.35. The van der Waals surface area contributed by atoms with E-state index in [0.717, 1.165) is 5.57 Å². The summed E-state index contributed by atoms with van der Waals surface area (Å²) in [6.45, 7) is 9.12. The Balaban J connectivity index is 2.37. The van der Waals surface area contributed by atoms with Crippen LogP contribution < -0.4 is 10.2 Å². The van der Waals surface area contributed by atoms with Crippen molar-refractivity contribution >= 4 is 21.9 Å². The lowest BCUT2D eigenvalue weighted by Gasteiger charge is -2.15. The number of aromatic hydroxyl groups is 3. The van der Waals surface area contributed by atoms with Crippen LogP contribution in [0.2, 0.25) is 0 Å². The first-order valence-corrected chi connectivity index (χ1v) is 9.76. The molecule has 0 aliphatic carbocycles. The molecular weight excluding hydrogens is 400 g/mol. The van der Waals surface area contributed by atoms with E-state index in [4.69, 9.17) is 9.15 Å². The number of aliphatic hydroxyl groups is 1. The smallest absolute Gasteiger partial charge is 0.204 e. The highest BCUT2D eigenvalue weighted by atomic mass is 16.5. The van der Waals surface area contributed by atoms with Crippen LogP contribution in [-0.4, -0.2) is 33.6 Å². The largest absolute Gasteiger partial charge is 0.507 e. The molecule has 0 amide bonds. The molecule has 3 rings (SSSR count). The average molecular weight is 426 g/mol. The van der Waals surface area contributed by atoms with Crippen molar-refractivity contribution in [3.8, 4) is 23.0 Å². The zero-order chi connectivity index (χ0) is 23.0. The molecule has 164 valence electrons. The molecular formula is C24H26O7. The van der Waals surface area contributed by atoms with Crippen LogP contribution in [0.4, 0.5) is 0 Å². The Morgan fingerprint density at radius 1 is 1.19 bits per heavy atom. The zero-order valence-corrected chi connectivity index (χ0v) is 17.9. The summed E-state index contributed by atoms with van der Waals surface area (Å²) < 4.78 is 11.1. The van der Waals surface area contributed by atoms with Crippen molar-refractivity contribution in [3.05, 3.63) is 57.3 Å². The van der Waals surface area contributed by atoms with Gasteiger partial charge in [0.15, 0.2) is 11.3 Å². The van der Waals surface area contributed by atoms with Gasteiger partial charge in [-0.1, -0.05) is 23.8 Å². The normalized spacial score (nSPS) is 12.2. The number of aliphatic hydroxyl groups excluding tert-OH is 1. The minimum absolute atomic E-state index is 0.00517. The lowest BCUT2D eigenvalue weighted by molar-refractivity contribution is 0.209. The number of hydrogen-bond acceptors (Lipinski definition) is 7. The highest BCUT2D eigenvalue weighted by Crippen LogP contribution is 2.42. The number of phenolic OH excluding ortho intramolecular Hbond substituents is 3. The first-order chi connectivity index (χ1) is 14.6. The Hall–Kier alpha value is -3.45. The summed E-state index contributed by atoms with van der Waals surface area (Å²) in [6.07, 6.45) is 1.14. The Morgan fingerprint density at radius 2 is 1.87 bits per heavy atom. The number of benzene rings is 2. The number of fused-ring (bicyclic) bond motifs is 2. The molecule has 0 spiro atoms. The van der Waals surface area contributed by atoms with Crippen LogP contribution in [0.25, 0.3) is 21.9 Å². The summed E-state index contributed by atoms with van der Waals surface area (Å²) in [5.74, 6) is -0.959. The van der Waals surface area contributed by atoms with Gasteiger partial charge in [0, 0.05) is 23.6 Å². The average Bonchev–Trinajstić information content (AvgIpc) is 2.69. The standard InChI is InChI=1S/C24H26O7/c1-11(2)6-7-13-8-15-22(29)19-18(31-23(15)24(30-5)20(13)27)10-17(26)14(21(19)28)9-16(25)12(3)4/h6,8,10,16,25-28H,3,7,9H2,1-2,4-5H3/t16-/m1/s1. The Labute approximate surface area is 179 Å². The molecule has 0 unspecified atom stereocenters. The van der Waals surface area contributed by atoms with Gasteiger partial charge in [-0.3, -0.25) is 4.79 Å². The molecule has 0 aliphatic heterocycles. The van der Waals surface area contributed by atoms with Gasteiger partial charge in [0.05, 0.1) is 18.6 Å². The van der Waals surface area contributed by atoms with Crippen molar-refractivity contribution in [2.24, 2.45) is 0 Å². The Kier molecular flexibility index (Phi) is 5.99. The van der Waals surface area contributed by atoms with Crippen molar-refractivity contribution in [3.63, 3.8) is 0 Å². The number of methoxy groups -OCH3 is 1. The van der Waals surface area contributed by atoms with Gasteiger partial charge in [-0.25, -0.2) is 0 Å². The van der Waals surface area contributed by atoms with Gasteiger partial charge < -0.3 is 29.6 Å². The molecule has 3 aromatic rings. The second-order valence-electron chi connectivity index (χ2n) is 7.87. The van der Waals surface area contributed by atoms with E-state index in [1.165, 1.54) is 19.2 Å². The maximum absolute atomic E-state index is 13.3. The number of allylic oxidation sites excluding steroid dienone is 2. The molecule has 2 aromatic carbocycles. The summed E-state index contributed by atoms with van der Waals surface area (Å²) in [5.41, 5.74) is 1.37. The third-order valence-electron chi connectivity index (χ3n) is 5.22. The summed E-state index contributed by atoms with van der Waals surface area (Å²) in [4.78, 5) is 13.3. The van der Waals surface area contributed by atoms with E-state index in [0.29, 0.717) is 17.6 Å². The fraction of sp³-hybridized carbons (Fsp3) is 0.292. The number of phenols is 3. The molecule has 0 aliphatic rings. The Bertz CT molecular complexity index is 1280. The topological polar surface area (TPSA) is 120 Å². The maximum Gasteiger partial charge on any atom is 0.204 e. The number of hydrogen-bond donors (Lipinski definition) is 4. The third-order valence-corrected chi connectivity index (χ3v) is 5.22. The number of ether oxygens (including phenoxy) is 1. The number of rotatable bonds is 6. The van der Waals surface area contributed by atoms with Crippen molar-refractivity contribution in [1.82, 2.24) is 0 Å². The third kappa shape index (κ3) is 3.96. The van der Waals surface area contributed by atoms with Crippen molar-refractivity contribution < 1.29 is 29.6 Å². The molecule has 31 heavy (non-hydrogen) atoms. The van der Waals surface area contributed by atoms with Gasteiger partial charge in [0.1, 0.15) is 22.5 Å². The molecule has 7 nitrogen and oxygen atoms in total. The Morgan fingerprint density at radius 3 is 2.45 bits per heavy atom. The fourth-order valence-corrected chi connectivity index (χ4v) is 3.40. The van der Waals surface area contributed by atoms with E-state index >= 15 is 0 Å². The van der Waals surface area contributed by atoms with E-state index in [-0.39, 0.29) is 51.2 Å². The van der Waals surface area contributed by atoms with E-state index in [1.54, 1.807) is 6.92 Å². The van der Waals surface area contributed by atoms with Gasteiger partial charge in [0.25, 0.3) is 0 Å². The molecule has 0 radical (unpaired) electrons. The van der Waals surface area contributed by atoms with E-state index < -0.39 is 17.3 Å². The highest BCUT2D eigenvalue weighted by Gasteiger charge is 2.24. The van der Waals surface area contributed by atoms with Crippen LogP contribution in [0, 0.1) is 0 Å². The lowest BCUT2D eigenvalue weighted by atomic mass is 9.98. The predicted molar refractivity (Wildman–Crippen MR) is 119 cm³/mol. The van der Waals surface area contributed by atoms with Gasteiger partial charge in [0.2, 0.25) is 11.2 Å². The minimum Gasteiger partial charge on any atom is -0.507 e.